The molecule has 0 bridgehead atoms. The van der Waals surface area contributed by atoms with Crippen LogP contribution in [-0.4, -0.2) is 22.5 Å². The molecule has 162 valence electrons. The van der Waals surface area contributed by atoms with Crippen molar-refractivity contribution < 1.29 is 23.1 Å². The fraction of sp³-hybridized carbons (Fsp3) is 0.320. The number of carboxylic acid groups (broad SMARTS) is 1. The number of aliphatic carboxylic acids is 1. The number of carboxylic acids is 1. The van der Waals surface area contributed by atoms with Gasteiger partial charge in [-0.25, -0.2) is 0 Å². The van der Waals surface area contributed by atoms with Crippen LogP contribution >= 0.6 is 0 Å². The number of likely N-dealkylation sites (tertiary alicyclic amines) is 1. The highest BCUT2D eigenvalue weighted by atomic mass is 19.4. The number of hydrogen-bond acceptors (Lipinski definition) is 2. The van der Waals surface area contributed by atoms with Crippen LogP contribution in [0.1, 0.15) is 42.0 Å². The second-order valence-corrected chi connectivity index (χ2v) is 8.28. The Bertz CT molecular complexity index is 1060. The number of rotatable bonds is 5. The van der Waals surface area contributed by atoms with Crippen molar-refractivity contribution in [1.82, 2.24) is 4.90 Å². The molecule has 1 saturated heterocycles. The van der Waals surface area contributed by atoms with E-state index in [9.17, 15) is 23.1 Å². The van der Waals surface area contributed by atoms with Gasteiger partial charge in [-0.3, -0.25) is 9.69 Å². The molecule has 0 amide bonds. The van der Waals surface area contributed by atoms with Crippen LogP contribution in [-0.2, 0) is 17.5 Å². The summed E-state index contributed by atoms with van der Waals surface area (Å²) in [6.45, 7) is 1.37. The summed E-state index contributed by atoms with van der Waals surface area (Å²) < 4.78 is 39.0. The van der Waals surface area contributed by atoms with Crippen molar-refractivity contribution in [3.05, 3.63) is 83.4 Å². The van der Waals surface area contributed by atoms with Gasteiger partial charge in [0.2, 0.25) is 0 Å². The Kier molecular flexibility index (Phi) is 6.01. The third-order valence-electron chi connectivity index (χ3n) is 6.11. The molecule has 4 rings (SSSR count). The van der Waals surface area contributed by atoms with Crippen molar-refractivity contribution in [3.8, 4) is 0 Å². The first kappa shape index (κ1) is 21.4. The molecule has 1 N–H and O–H groups in total. The average Bonchev–Trinajstić information content (AvgIpc) is 2.74. The minimum absolute atomic E-state index is 0.0117. The lowest BCUT2D eigenvalue weighted by atomic mass is 9.84. The fourth-order valence-electron chi connectivity index (χ4n) is 4.52. The number of carbonyl (C=O) groups is 1. The van der Waals surface area contributed by atoms with Gasteiger partial charge in [0.1, 0.15) is 0 Å². The number of fused-ring (bicyclic) bond motifs is 1. The molecular formula is C25H24F3NO2. The van der Waals surface area contributed by atoms with E-state index in [0.717, 1.165) is 40.5 Å². The Labute approximate surface area is 179 Å². The Balaban J connectivity index is 1.60. The molecule has 31 heavy (non-hydrogen) atoms. The van der Waals surface area contributed by atoms with Crippen LogP contribution < -0.4 is 0 Å². The van der Waals surface area contributed by atoms with Crippen LogP contribution in [0.3, 0.4) is 0 Å². The van der Waals surface area contributed by atoms with Crippen LogP contribution in [0.5, 0.6) is 0 Å². The summed E-state index contributed by atoms with van der Waals surface area (Å²) in [5, 5.41) is 11.5. The molecule has 0 spiro atoms. The molecule has 0 aromatic heterocycles. The molecule has 0 saturated carbocycles. The van der Waals surface area contributed by atoms with Gasteiger partial charge >= 0.3 is 12.1 Å². The van der Waals surface area contributed by atoms with Gasteiger partial charge in [-0.15, -0.1) is 0 Å². The summed E-state index contributed by atoms with van der Waals surface area (Å²) in [4.78, 5) is 13.5. The molecule has 2 atom stereocenters. The first-order valence-corrected chi connectivity index (χ1v) is 10.4. The fourth-order valence-corrected chi connectivity index (χ4v) is 4.52. The quantitative estimate of drug-likeness (QED) is 0.520. The first-order chi connectivity index (χ1) is 14.8. The second kappa shape index (κ2) is 8.71. The minimum Gasteiger partial charge on any atom is -0.481 e. The van der Waals surface area contributed by atoms with Crippen molar-refractivity contribution in [2.24, 2.45) is 5.92 Å². The van der Waals surface area contributed by atoms with Gasteiger partial charge in [0, 0.05) is 19.0 Å². The maximum Gasteiger partial charge on any atom is 0.416 e. The maximum atomic E-state index is 13.0. The smallest absolute Gasteiger partial charge is 0.416 e. The largest absolute Gasteiger partial charge is 0.481 e. The highest BCUT2D eigenvalue weighted by molar-refractivity contribution is 5.82. The van der Waals surface area contributed by atoms with E-state index in [-0.39, 0.29) is 18.4 Å². The third kappa shape index (κ3) is 5.07. The van der Waals surface area contributed by atoms with Crippen LogP contribution in [0, 0.1) is 5.92 Å². The molecule has 1 heterocycles. The highest BCUT2D eigenvalue weighted by Gasteiger charge is 2.33. The van der Waals surface area contributed by atoms with E-state index < -0.39 is 17.7 Å². The van der Waals surface area contributed by atoms with Crippen molar-refractivity contribution >= 4 is 16.7 Å². The van der Waals surface area contributed by atoms with E-state index in [1.165, 1.54) is 12.1 Å². The zero-order valence-electron chi connectivity index (χ0n) is 17.0. The molecule has 1 aliphatic rings. The van der Waals surface area contributed by atoms with Crippen LogP contribution in [0.25, 0.3) is 10.8 Å². The van der Waals surface area contributed by atoms with Crippen LogP contribution in [0.4, 0.5) is 13.2 Å². The predicted molar refractivity (Wildman–Crippen MR) is 114 cm³/mol. The number of hydrogen-bond donors (Lipinski definition) is 1. The van der Waals surface area contributed by atoms with Gasteiger partial charge in [0.25, 0.3) is 0 Å². The molecule has 1 fully saturated rings. The van der Waals surface area contributed by atoms with Gasteiger partial charge in [0.15, 0.2) is 0 Å². The SMILES string of the molecule is O=C(O)C[C@@H]1CCN(Cc2ccc3ccccc3c2)[C@H](c2ccc(C(F)(F)F)cc2)C1. The van der Waals surface area contributed by atoms with Gasteiger partial charge in [-0.05, 0) is 65.4 Å². The lowest BCUT2D eigenvalue weighted by molar-refractivity contribution is -0.139. The molecular weight excluding hydrogens is 403 g/mol. The van der Waals surface area contributed by atoms with Gasteiger partial charge < -0.3 is 5.11 Å². The summed E-state index contributed by atoms with van der Waals surface area (Å²) >= 11 is 0. The van der Waals surface area contributed by atoms with E-state index in [1.54, 1.807) is 0 Å². The molecule has 0 aliphatic carbocycles. The normalized spacial score (nSPS) is 20.1. The molecule has 6 heteroatoms. The number of alkyl halides is 3. The zero-order chi connectivity index (χ0) is 22.0. The molecule has 3 aromatic carbocycles. The Morgan fingerprint density at radius 2 is 1.71 bits per heavy atom. The van der Waals surface area contributed by atoms with Crippen molar-refractivity contribution in [2.75, 3.05) is 6.54 Å². The number of piperidine rings is 1. The van der Waals surface area contributed by atoms with Crippen LogP contribution in [0.2, 0.25) is 0 Å². The molecule has 0 radical (unpaired) electrons. The number of benzene rings is 3. The Hall–Kier alpha value is -2.86. The summed E-state index contributed by atoms with van der Waals surface area (Å²) in [5.74, 6) is -0.822. The summed E-state index contributed by atoms with van der Waals surface area (Å²) in [5.41, 5.74) is 1.26. The van der Waals surface area contributed by atoms with Crippen molar-refractivity contribution in [2.45, 2.75) is 38.0 Å². The van der Waals surface area contributed by atoms with E-state index in [4.69, 9.17) is 0 Å². The summed E-state index contributed by atoms with van der Waals surface area (Å²) in [6.07, 6.45) is -2.91. The highest BCUT2D eigenvalue weighted by Crippen LogP contribution is 2.38. The summed E-state index contributed by atoms with van der Waals surface area (Å²) in [7, 11) is 0. The Morgan fingerprint density at radius 3 is 2.39 bits per heavy atom. The zero-order valence-corrected chi connectivity index (χ0v) is 17.0. The summed E-state index contributed by atoms with van der Waals surface area (Å²) in [6, 6.07) is 19.6. The predicted octanol–water partition coefficient (Wildman–Crippen LogP) is 6.29. The van der Waals surface area contributed by atoms with E-state index in [1.807, 2.05) is 12.1 Å². The van der Waals surface area contributed by atoms with E-state index in [0.29, 0.717) is 19.5 Å². The topological polar surface area (TPSA) is 40.5 Å². The van der Waals surface area contributed by atoms with Crippen LogP contribution in [0.15, 0.2) is 66.7 Å². The molecule has 3 aromatic rings. The molecule has 0 unspecified atom stereocenters. The average molecular weight is 427 g/mol. The van der Waals surface area contributed by atoms with E-state index in [2.05, 4.69) is 35.2 Å². The number of nitrogens with zero attached hydrogens (tertiary/aromatic N) is 1. The third-order valence-corrected chi connectivity index (χ3v) is 6.11. The minimum atomic E-state index is -4.37. The van der Waals surface area contributed by atoms with Gasteiger partial charge in [0.05, 0.1) is 5.56 Å². The maximum absolute atomic E-state index is 13.0. The molecule has 3 nitrogen and oxygen atoms in total. The molecule has 1 aliphatic heterocycles. The van der Waals surface area contributed by atoms with Gasteiger partial charge in [-0.2, -0.15) is 13.2 Å². The standard InChI is InChI=1S/C25H24F3NO2/c26-25(27,28)22-9-7-20(8-10-22)23-14-17(15-24(30)31)11-12-29(23)16-18-5-6-19-3-1-2-4-21(19)13-18/h1-10,13,17,23H,11-12,14-16H2,(H,30,31)/t17-,23+/m1/s1. The Morgan fingerprint density at radius 1 is 1.00 bits per heavy atom. The first-order valence-electron chi connectivity index (χ1n) is 10.4. The van der Waals surface area contributed by atoms with E-state index >= 15 is 0 Å². The number of halogens is 3. The second-order valence-electron chi connectivity index (χ2n) is 8.28. The van der Waals surface area contributed by atoms with Crippen molar-refractivity contribution in [3.63, 3.8) is 0 Å². The lowest BCUT2D eigenvalue weighted by Crippen LogP contribution is -2.37. The van der Waals surface area contributed by atoms with Gasteiger partial charge in [-0.1, -0.05) is 48.5 Å². The lowest BCUT2D eigenvalue weighted by Gasteiger charge is -2.39. The van der Waals surface area contributed by atoms with Crippen molar-refractivity contribution in [1.29, 1.82) is 0 Å². The monoisotopic (exact) mass is 427 g/mol.